The first-order chi connectivity index (χ1) is 7.22. The lowest BCUT2D eigenvalue weighted by Crippen LogP contribution is -2.17. The summed E-state index contributed by atoms with van der Waals surface area (Å²) < 4.78 is 9.77. The molecule has 1 heterocycles. The summed E-state index contributed by atoms with van der Waals surface area (Å²) in [7, 11) is 1.30. The Hall–Kier alpha value is -1.07. The van der Waals surface area contributed by atoms with Crippen molar-refractivity contribution in [2.75, 3.05) is 13.7 Å². The summed E-state index contributed by atoms with van der Waals surface area (Å²) in [4.78, 5) is 10.8. The maximum Gasteiger partial charge on any atom is 0.308 e. The minimum absolute atomic E-state index is 0.0182. The third-order valence-electron chi connectivity index (χ3n) is 1.82. The highest BCUT2D eigenvalue weighted by molar-refractivity contribution is 7.11. The molecule has 0 fully saturated rings. The molecule has 0 spiro atoms. The number of ether oxygens (including phenoxy) is 2. The summed E-state index contributed by atoms with van der Waals surface area (Å²) in [6, 6.07) is 3.75. The first-order valence-corrected chi connectivity index (χ1v) is 5.51. The number of hydrogen-bond donors (Lipinski definition) is 1. The van der Waals surface area contributed by atoms with Crippen LogP contribution in [0.25, 0.3) is 0 Å². The van der Waals surface area contributed by atoms with Gasteiger partial charge in [0.05, 0.1) is 26.2 Å². The van der Waals surface area contributed by atoms with E-state index < -0.39 is 12.1 Å². The highest BCUT2D eigenvalue weighted by atomic mass is 32.1. The number of aliphatic hydroxyl groups is 1. The van der Waals surface area contributed by atoms with Gasteiger partial charge in [0, 0.05) is 6.42 Å². The van der Waals surface area contributed by atoms with Gasteiger partial charge in [0.2, 0.25) is 0 Å². The summed E-state index contributed by atoms with van der Waals surface area (Å²) >= 11 is 1.50. The predicted octanol–water partition coefficient (Wildman–Crippen LogP) is 1.44. The Morgan fingerprint density at radius 2 is 2.47 bits per heavy atom. The summed E-state index contributed by atoms with van der Waals surface area (Å²) in [5.41, 5.74) is 0. The fourth-order valence-corrected chi connectivity index (χ4v) is 1.62. The van der Waals surface area contributed by atoms with Crippen LogP contribution in [-0.4, -0.2) is 30.9 Å². The van der Waals surface area contributed by atoms with E-state index in [4.69, 9.17) is 4.74 Å². The molecule has 0 aromatic carbocycles. The third-order valence-corrected chi connectivity index (χ3v) is 2.60. The van der Waals surface area contributed by atoms with Crippen LogP contribution >= 0.6 is 11.3 Å². The molecule has 0 saturated heterocycles. The third kappa shape index (κ3) is 4.80. The van der Waals surface area contributed by atoms with E-state index in [1.54, 1.807) is 0 Å². The molecule has 0 amide bonds. The predicted molar refractivity (Wildman–Crippen MR) is 57.1 cm³/mol. The number of carbonyl (C=O) groups is 1. The molecule has 1 unspecified atom stereocenters. The summed E-state index contributed by atoms with van der Waals surface area (Å²) in [5, 5.41) is 12.1. The van der Waals surface area contributed by atoms with E-state index in [0.717, 1.165) is 5.06 Å². The molecule has 0 radical (unpaired) electrons. The fraction of sp³-hybridized carbons (Fsp3) is 0.500. The highest BCUT2D eigenvalue weighted by Gasteiger charge is 2.10. The Morgan fingerprint density at radius 1 is 1.67 bits per heavy atom. The van der Waals surface area contributed by atoms with Gasteiger partial charge in [-0.3, -0.25) is 4.79 Å². The van der Waals surface area contributed by atoms with Crippen LogP contribution in [0.15, 0.2) is 17.5 Å². The number of hydrogen-bond acceptors (Lipinski definition) is 5. The Kier molecular flexibility index (Phi) is 5.14. The molecule has 1 atom stereocenters. The lowest BCUT2D eigenvalue weighted by Gasteiger charge is -2.09. The average molecular weight is 230 g/mol. The average Bonchev–Trinajstić information content (AvgIpc) is 2.70. The van der Waals surface area contributed by atoms with E-state index in [2.05, 4.69) is 4.74 Å². The van der Waals surface area contributed by atoms with E-state index in [-0.39, 0.29) is 6.42 Å². The van der Waals surface area contributed by atoms with Crippen molar-refractivity contribution in [1.29, 1.82) is 0 Å². The maximum atomic E-state index is 10.8. The SMILES string of the molecule is COC(=O)CC(O)CCOc1cccs1. The van der Waals surface area contributed by atoms with Gasteiger partial charge in [0.15, 0.2) is 5.06 Å². The van der Waals surface area contributed by atoms with Gasteiger partial charge in [-0.05, 0) is 17.5 Å². The minimum Gasteiger partial charge on any atom is -0.484 e. The van der Waals surface area contributed by atoms with Crippen LogP contribution < -0.4 is 4.74 Å². The normalized spacial score (nSPS) is 12.1. The van der Waals surface area contributed by atoms with Crippen LogP contribution in [0.2, 0.25) is 0 Å². The number of rotatable bonds is 6. The van der Waals surface area contributed by atoms with Gasteiger partial charge in [-0.15, -0.1) is 11.3 Å². The first kappa shape index (κ1) is 12.0. The number of aliphatic hydroxyl groups excluding tert-OH is 1. The summed E-state index contributed by atoms with van der Waals surface area (Å²) in [5.74, 6) is -0.404. The van der Waals surface area contributed by atoms with Crippen molar-refractivity contribution in [2.24, 2.45) is 0 Å². The Morgan fingerprint density at radius 3 is 3.07 bits per heavy atom. The zero-order valence-corrected chi connectivity index (χ0v) is 9.33. The molecule has 1 aromatic heterocycles. The van der Waals surface area contributed by atoms with Crippen LogP contribution in [-0.2, 0) is 9.53 Å². The fourth-order valence-electron chi connectivity index (χ4n) is 1.02. The van der Waals surface area contributed by atoms with Gasteiger partial charge in [0.1, 0.15) is 0 Å². The number of methoxy groups -OCH3 is 1. The zero-order chi connectivity index (χ0) is 11.1. The minimum atomic E-state index is -0.697. The molecule has 0 aliphatic carbocycles. The molecule has 0 aliphatic heterocycles. The molecule has 15 heavy (non-hydrogen) atoms. The van der Waals surface area contributed by atoms with Gasteiger partial charge >= 0.3 is 5.97 Å². The molecule has 4 nitrogen and oxygen atoms in total. The van der Waals surface area contributed by atoms with Crippen molar-refractivity contribution >= 4 is 17.3 Å². The Bertz CT molecular complexity index is 284. The molecule has 1 rings (SSSR count). The summed E-state index contributed by atoms with van der Waals surface area (Å²) in [6.07, 6.45) is -0.255. The van der Waals surface area contributed by atoms with Crippen LogP contribution in [0.4, 0.5) is 0 Å². The van der Waals surface area contributed by atoms with Gasteiger partial charge < -0.3 is 14.6 Å². The largest absolute Gasteiger partial charge is 0.484 e. The van der Waals surface area contributed by atoms with Crippen molar-refractivity contribution in [1.82, 2.24) is 0 Å². The van der Waals surface area contributed by atoms with Gasteiger partial charge in [-0.2, -0.15) is 0 Å². The van der Waals surface area contributed by atoms with Crippen LogP contribution in [0.5, 0.6) is 5.06 Å². The van der Waals surface area contributed by atoms with E-state index in [9.17, 15) is 9.90 Å². The molecule has 0 aliphatic rings. The molecule has 84 valence electrons. The highest BCUT2D eigenvalue weighted by Crippen LogP contribution is 2.18. The van der Waals surface area contributed by atoms with E-state index >= 15 is 0 Å². The molecule has 1 aromatic rings. The van der Waals surface area contributed by atoms with E-state index in [1.807, 2.05) is 17.5 Å². The molecular weight excluding hydrogens is 216 g/mol. The van der Waals surface area contributed by atoms with Crippen molar-refractivity contribution in [3.05, 3.63) is 17.5 Å². The Labute approximate surface area is 92.4 Å². The van der Waals surface area contributed by atoms with Crippen LogP contribution in [0, 0.1) is 0 Å². The number of carbonyl (C=O) groups excluding carboxylic acids is 1. The molecule has 5 heteroatoms. The molecule has 1 N–H and O–H groups in total. The van der Waals surface area contributed by atoms with Crippen molar-refractivity contribution in [3.8, 4) is 5.06 Å². The maximum absolute atomic E-state index is 10.8. The lowest BCUT2D eigenvalue weighted by atomic mass is 10.2. The standard InChI is InChI=1S/C10H14O4S/c1-13-9(12)7-8(11)4-5-14-10-3-2-6-15-10/h2-3,6,8,11H,4-5,7H2,1H3. The second kappa shape index (κ2) is 6.42. The number of esters is 1. The van der Waals surface area contributed by atoms with E-state index in [0.29, 0.717) is 13.0 Å². The van der Waals surface area contributed by atoms with Crippen molar-refractivity contribution in [3.63, 3.8) is 0 Å². The molecule has 0 bridgehead atoms. The van der Waals surface area contributed by atoms with Crippen LogP contribution in [0.3, 0.4) is 0 Å². The van der Waals surface area contributed by atoms with Gasteiger partial charge in [-0.1, -0.05) is 0 Å². The zero-order valence-electron chi connectivity index (χ0n) is 8.51. The van der Waals surface area contributed by atoms with Crippen LogP contribution in [0.1, 0.15) is 12.8 Å². The Balaban J connectivity index is 2.12. The van der Waals surface area contributed by atoms with E-state index in [1.165, 1.54) is 18.4 Å². The monoisotopic (exact) mass is 230 g/mol. The lowest BCUT2D eigenvalue weighted by molar-refractivity contribution is -0.142. The van der Waals surface area contributed by atoms with Gasteiger partial charge in [0.25, 0.3) is 0 Å². The molecule has 0 saturated carbocycles. The summed E-state index contributed by atoms with van der Waals surface area (Å²) in [6.45, 7) is 0.401. The second-order valence-electron chi connectivity index (χ2n) is 3.00. The van der Waals surface area contributed by atoms with Crippen molar-refractivity contribution < 1.29 is 19.4 Å². The second-order valence-corrected chi connectivity index (χ2v) is 3.91. The smallest absolute Gasteiger partial charge is 0.308 e. The van der Waals surface area contributed by atoms with Gasteiger partial charge in [-0.25, -0.2) is 0 Å². The molecular formula is C10H14O4S. The topological polar surface area (TPSA) is 55.8 Å². The quantitative estimate of drug-likeness (QED) is 0.751. The number of thiophene rings is 1. The van der Waals surface area contributed by atoms with Crippen molar-refractivity contribution in [2.45, 2.75) is 18.9 Å². The first-order valence-electron chi connectivity index (χ1n) is 4.63.